The second-order valence-corrected chi connectivity index (χ2v) is 5.33. The van der Waals surface area contributed by atoms with Crippen molar-refractivity contribution in [3.8, 4) is 5.75 Å². The van der Waals surface area contributed by atoms with Gasteiger partial charge in [0.25, 0.3) is 0 Å². The number of para-hydroxylation sites is 1. The first-order chi connectivity index (χ1) is 9.72. The molecule has 0 radical (unpaired) electrons. The molecule has 2 nitrogen and oxygen atoms in total. The van der Waals surface area contributed by atoms with Gasteiger partial charge in [0.1, 0.15) is 11.6 Å². The van der Waals surface area contributed by atoms with E-state index < -0.39 is 0 Å². The van der Waals surface area contributed by atoms with E-state index in [0.717, 1.165) is 31.0 Å². The lowest BCUT2D eigenvalue weighted by atomic mass is 10.1. The van der Waals surface area contributed by atoms with Crippen LogP contribution in [-0.4, -0.2) is 11.7 Å². The lowest BCUT2D eigenvalue weighted by molar-refractivity contribution is 0.468. The van der Waals surface area contributed by atoms with Crippen LogP contribution in [0.3, 0.4) is 0 Å². The third-order valence-electron chi connectivity index (χ3n) is 3.77. The molecule has 104 valence electrons. The second kappa shape index (κ2) is 5.53. The minimum absolute atomic E-state index is 0.0110. The summed E-state index contributed by atoms with van der Waals surface area (Å²) in [7, 11) is 0. The Hall–Kier alpha value is -2.03. The van der Waals surface area contributed by atoms with E-state index in [-0.39, 0.29) is 11.6 Å². The number of anilines is 1. The van der Waals surface area contributed by atoms with Gasteiger partial charge in [0.2, 0.25) is 0 Å². The molecule has 0 saturated carbocycles. The van der Waals surface area contributed by atoms with E-state index >= 15 is 0 Å². The maximum Gasteiger partial charge on any atom is 0.127 e. The van der Waals surface area contributed by atoms with Gasteiger partial charge in [0.05, 0.1) is 0 Å². The smallest absolute Gasteiger partial charge is 0.127 e. The maximum atomic E-state index is 13.4. The van der Waals surface area contributed by atoms with E-state index in [1.165, 1.54) is 23.7 Å². The summed E-state index contributed by atoms with van der Waals surface area (Å²) in [4.78, 5) is 2.27. The zero-order chi connectivity index (χ0) is 13.9. The summed E-state index contributed by atoms with van der Waals surface area (Å²) >= 11 is 0. The van der Waals surface area contributed by atoms with Crippen LogP contribution in [0.1, 0.15) is 24.0 Å². The number of halogens is 1. The van der Waals surface area contributed by atoms with Gasteiger partial charge < -0.3 is 10.0 Å². The lowest BCUT2D eigenvalue weighted by Crippen LogP contribution is -2.23. The molecular formula is C17H18FNO. The van der Waals surface area contributed by atoms with Crippen molar-refractivity contribution in [3.63, 3.8) is 0 Å². The molecule has 20 heavy (non-hydrogen) atoms. The van der Waals surface area contributed by atoms with E-state index in [2.05, 4.69) is 23.1 Å². The van der Waals surface area contributed by atoms with Crippen LogP contribution in [-0.2, 0) is 13.0 Å². The predicted octanol–water partition coefficient (Wildman–Crippen LogP) is 3.87. The fraction of sp³-hybridized carbons (Fsp3) is 0.294. The molecule has 1 aliphatic rings. The summed E-state index contributed by atoms with van der Waals surface area (Å²) in [5.74, 6) is -0.397. The first-order valence-corrected chi connectivity index (χ1v) is 7.04. The highest BCUT2D eigenvalue weighted by Gasteiger charge is 2.15. The number of aromatic hydroxyl groups is 1. The Labute approximate surface area is 118 Å². The van der Waals surface area contributed by atoms with Crippen molar-refractivity contribution in [1.29, 1.82) is 0 Å². The average molecular weight is 271 g/mol. The van der Waals surface area contributed by atoms with Gasteiger partial charge in [-0.1, -0.05) is 18.2 Å². The van der Waals surface area contributed by atoms with Crippen molar-refractivity contribution in [3.05, 3.63) is 59.4 Å². The lowest BCUT2D eigenvalue weighted by Gasteiger charge is -2.25. The molecule has 1 aliphatic heterocycles. The SMILES string of the molecule is Oc1cc(F)cc(CN2CCCCc3ccccc32)c1. The number of hydrogen-bond donors (Lipinski definition) is 1. The minimum atomic E-state index is -0.386. The van der Waals surface area contributed by atoms with E-state index in [1.807, 2.05) is 6.07 Å². The van der Waals surface area contributed by atoms with Crippen LogP contribution in [0.5, 0.6) is 5.75 Å². The Morgan fingerprint density at radius 3 is 2.80 bits per heavy atom. The Morgan fingerprint density at radius 2 is 1.95 bits per heavy atom. The molecule has 0 fully saturated rings. The van der Waals surface area contributed by atoms with Crippen LogP contribution >= 0.6 is 0 Å². The summed E-state index contributed by atoms with van der Waals surface area (Å²) in [5, 5.41) is 9.52. The van der Waals surface area contributed by atoms with Crippen LogP contribution in [0.4, 0.5) is 10.1 Å². The van der Waals surface area contributed by atoms with Crippen molar-refractivity contribution in [2.75, 3.05) is 11.4 Å². The standard InChI is InChI=1S/C17H18FNO/c18-15-9-13(10-16(20)11-15)12-19-8-4-3-6-14-5-1-2-7-17(14)19/h1-2,5,7,9-11,20H,3-4,6,8,12H2. The average Bonchev–Trinajstić information content (AvgIpc) is 2.61. The van der Waals surface area contributed by atoms with Crippen molar-refractivity contribution in [2.45, 2.75) is 25.8 Å². The molecule has 2 aromatic carbocycles. The first kappa shape index (κ1) is 13.0. The monoisotopic (exact) mass is 271 g/mol. The third kappa shape index (κ3) is 2.77. The normalized spacial score (nSPS) is 14.8. The van der Waals surface area contributed by atoms with Gasteiger partial charge in [-0.25, -0.2) is 4.39 Å². The molecule has 0 spiro atoms. The second-order valence-electron chi connectivity index (χ2n) is 5.33. The summed E-state index contributed by atoms with van der Waals surface area (Å²) in [6.45, 7) is 1.59. The molecule has 1 heterocycles. The van der Waals surface area contributed by atoms with Gasteiger partial charge in [-0.3, -0.25) is 0 Å². The van der Waals surface area contributed by atoms with Gasteiger partial charge in [-0.15, -0.1) is 0 Å². The van der Waals surface area contributed by atoms with Gasteiger partial charge in [-0.05, 0) is 48.6 Å². The van der Waals surface area contributed by atoms with Crippen molar-refractivity contribution in [1.82, 2.24) is 0 Å². The molecule has 3 heteroatoms. The van der Waals surface area contributed by atoms with Crippen LogP contribution in [0.15, 0.2) is 42.5 Å². The molecule has 0 aromatic heterocycles. The molecule has 0 aliphatic carbocycles. The molecule has 0 bridgehead atoms. The number of aryl methyl sites for hydroxylation is 1. The zero-order valence-corrected chi connectivity index (χ0v) is 11.3. The van der Waals surface area contributed by atoms with Gasteiger partial charge in [0.15, 0.2) is 0 Å². The molecule has 0 atom stereocenters. The highest BCUT2D eigenvalue weighted by Crippen LogP contribution is 2.28. The highest BCUT2D eigenvalue weighted by atomic mass is 19.1. The number of fused-ring (bicyclic) bond motifs is 1. The molecule has 3 rings (SSSR count). The van der Waals surface area contributed by atoms with Crippen LogP contribution in [0.25, 0.3) is 0 Å². The van der Waals surface area contributed by atoms with E-state index in [1.54, 1.807) is 6.07 Å². The van der Waals surface area contributed by atoms with E-state index in [0.29, 0.717) is 6.54 Å². The molecular weight excluding hydrogens is 253 g/mol. The largest absolute Gasteiger partial charge is 0.508 e. The number of phenolic OH excluding ortho intramolecular Hbond substituents is 1. The summed E-state index contributed by atoms with van der Waals surface area (Å²) in [6.07, 6.45) is 3.42. The minimum Gasteiger partial charge on any atom is -0.508 e. The Balaban J connectivity index is 1.90. The predicted molar refractivity (Wildman–Crippen MR) is 78.5 cm³/mol. The maximum absolute atomic E-state index is 13.4. The Morgan fingerprint density at radius 1 is 1.10 bits per heavy atom. The molecule has 2 aromatic rings. The molecule has 0 saturated heterocycles. The molecule has 1 N–H and O–H groups in total. The summed E-state index contributed by atoms with van der Waals surface area (Å²) in [5.41, 5.74) is 3.39. The fourth-order valence-electron chi connectivity index (χ4n) is 2.88. The van der Waals surface area contributed by atoms with Crippen LogP contribution in [0.2, 0.25) is 0 Å². The van der Waals surface area contributed by atoms with Crippen LogP contribution < -0.4 is 4.90 Å². The van der Waals surface area contributed by atoms with Gasteiger partial charge in [-0.2, -0.15) is 0 Å². The highest BCUT2D eigenvalue weighted by molar-refractivity contribution is 5.55. The third-order valence-corrected chi connectivity index (χ3v) is 3.77. The van der Waals surface area contributed by atoms with Gasteiger partial charge in [0, 0.05) is 24.8 Å². The number of hydrogen-bond acceptors (Lipinski definition) is 2. The van der Waals surface area contributed by atoms with Crippen molar-refractivity contribution < 1.29 is 9.50 Å². The number of nitrogens with zero attached hydrogens (tertiary/aromatic N) is 1. The fourth-order valence-corrected chi connectivity index (χ4v) is 2.88. The summed E-state index contributed by atoms with van der Waals surface area (Å²) < 4.78 is 13.4. The zero-order valence-electron chi connectivity index (χ0n) is 11.3. The van der Waals surface area contributed by atoms with E-state index in [4.69, 9.17) is 0 Å². The van der Waals surface area contributed by atoms with Crippen molar-refractivity contribution >= 4 is 5.69 Å². The van der Waals surface area contributed by atoms with Gasteiger partial charge >= 0.3 is 0 Å². The Kier molecular flexibility index (Phi) is 3.59. The van der Waals surface area contributed by atoms with Crippen molar-refractivity contribution in [2.24, 2.45) is 0 Å². The first-order valence-electron chi connectivity index (χ1n) is 7.04. The van der Waals surface area contributed by atoms with E-state index in [9.17, 15) is 9.50 Å². The number of phenols is 1. The molecule has 0 unspecified atom stereocenters. The quantitative estimate of drug-likeness (QED) is 0.896. The summed E-state index contributed by atoms with van der Waals surface area (Å²) in [6, 6.07) is 12.7. The number of benzene rings is 2. The topological polar surface area (TPSA) is 23.5 Å². The Bertz CT molecular complexity index is 591. The number of rotatable bonds is 2. The van der Waals surface area contributed by atoms with Crippen LogP contribution in [0, 0.1) is 5.82 Å². The molecule has 0 amide bonds.